The van der Waals surface area contributed by atoms with Gasteiger partial charge >= 0.3 is 0 Å². The molecule has 4 unspecified atom stereocenters. The lowest BCUT2D eigenvalue weighted by atomic mass is 9.75. The summed E-state index contributed by atoms with van der Waals surface area (Å²) in [6, 6.07) is 0. The van der Waals surface area contributed by atoms with E-state index in [2.05, 4.69) is 24.3 Å². The van der Waals surface area contributed by atoms with Crippen LogP contribution in [0.25, 0.3) is 0 Å². The Kier molecular flexibility index (Phi) is 0.555. The predicted octanol–water partition coefficient (Wildman–Crippen LogP) is 1.99. The first-order valence-electron chi connectivity index (χ1n) is 3.82. The second-order valence-electron chi connectivity index (χ2n) is 3.49. The molecule has 3 aliphatic rings. The highest BCUT2D eigenvalue weighted by Crippen LogP contribution is 2.53. The van der Waals surface area contributed by atoms with Crippen molar-refractivity contribution in [3.05, 3.63) is 24.3 Å². The van der Waals surface area contributed by atoms with Gasteiger partial charge in [-0.3, -0.25) is 0 Å². The van der Waals surface area contributed by atoms with Gasteiger partial charge in [0.1, 0.15) is 0 Å². The van der Waals surface area contributed by atoms with Crippen LogP contribution >= 0.6 is 0 Å². The van der Waals surface area contributed by atoms with Gasteiger partial charge in [-0.05, 0) is 30.1 Å². The average molecular weight is 118 g/mol. The lowest BCUT2D eigenvalue weighted by Gasteiger charge is -2.29. The molecule has 0 aromatic carbocycles. The van der Waals surface area contributed by atoms with Crippen LogP contribution in [0.5, 0.6) is 0 Å². The first kappa shape index (κ1) is 4.32. The molecular formula is C9H10. The van der Waals surface area contributed by atoms with E-state index in [1.807, 2.05) is 0 Å². The van der Waals surface area contributed by atoms with E-state index in [1.54, 1.807) is 0 Å². The Hall–Kier alpha value is -0.520. The molecule has 0 aromatic rings. The number of allylic oxidation sites excluding steroid dienone is 4. The second kappa shape index (κ2) is 1.16. The van der Waals surface area contributed by atoms with Crippen molar-refractivity contribution in [3.8, 4) is 0 Å². The summed E-state index contributed by atoms with van der Waals surface area (Å²) in [4.78, 5) is 0. The fourth-order valence-electron chi connectivity index (χ4n) is 2.55. The standard InChI is InChI=1S/C9H10/c1-2-7-5-6(1)8-3-4-9(7)8/h1-4,6-9H,5H2. The number of rotatable bonds is 0. The smallest absolute Gasteiger partial charge is 0.0102 e. The van der Waals surface area contributed by atoms with Gasteiger partial charge in [0.25, 0.3) is 0 Å². The molecule has 0 heteroatoms. The molecule has 3 rings (SSSR count). The molecule has 0 amide bonds. The molecule has 1 saturated carbocycles. The van der Waals surface area contributed by atoms with Crippen molar-refractivity contribution < 1.29 is 0 Å². The molecule has 1 fully saturated rings. The van der Waals surface area contributed by atoms with Crippen LogP contribution in [0.4, 0.5) is 0 Å². The zero-order chi connectivity index (χ0) is 5.84. The molecule has 0 N–H and O–H groups in total. The largest absolute Gasteiger partial charge is 0.0845 e. The van der Waals surface area contributed by atoms with E-state index in [0.717, 1.165) is 23.7 Å². The maximum Gasteiger partial charge on any atom is -0.0102 e. The van der Waals surface area contributed by atoms with Gasteiger partial charge in [0, 0.05) is 0 Å². The molecule has 0 spiro atoms. The topological polar surface area (TPSA) is 0 Å². The molecule has 0 aromatic heterocycles. The van der Waals surface area contributed by atoms with Crippen LogP contribution in [0, 0.1) is 23.7 Å². The number of hydrogen-bond acceptors (Lipinski definition) is 0. The fourth-order valence-corrected chi connectivity index (χ4v) is 2.55. The van der Waals surface area contributed by atoms with E-state index in [4.69, 9.17) is 0 Å². The lowest BCUT2D eigenvalue weighted by Crippen LogP contribution is -2.22. The second-order valence-corrected chi connectivity index (χ2v) is 3.49. The van der Waals surface area contributed by atoms with Crippen molar-refractivity contribution in [3.63, 3.8) is 0 Å². The normalized spacial score (nSPS) is 57.8. The minimum absolute atomic E-state index is 0.935. The first-order chi connectivity index (χ1) is 4.45. The third kappa shape index (κ3) is 0.346. The Bertz CT molecular complexity index is 176. The van der Waals surface area contributed by atoms with E-state index < -0.39 is 0 Å². The fraction of sp³-hybridized carbons (Fsp3) is 0.556. The van der Waals surface area contributed by atoms with Crippen molar-refractivity contribution in [1.29, 1.82) is 0 Å². The van der Waals surface area contributed by atoms with Gasteiger partial charge in [-0.25, -0.2) is 0 Å². The van der Waals surface area contributed by atoms with E-state index in [9.17, 15) is 0 Å². The Balaban J connectivity index is 2.10. The molecule has 0 nitrogen and oxygen atoms in total. The molecule has 0 saturated heterocycles. The third-order valence-electron chi connectivity index (χ3n) is 3.14. The SMILES string of the molecule is C1=CC2CC1C1C=CC21. The maximum atomic E-state index is 2.41. The van der Waals surface area contributed by atoms with Crippen LogP contribution in [0.3, 0.4) is 0 Å². The van der Waals surface area contributed by atoms with Gasteiger partial charge < -0.3 is 0 Å². The summed E-state index contributed by atoms with van der Waals surface area (Å²) >= 11 is 0. The molecule has 2 bridgehead atoms. The highest BCUT2D eigenvalue weighted by atomic mass is 14.5. The first-order valence-corrected chi connectivity index (χ1v) is 3.82. The zero-order valence-electron chi connectivity index (χ0n) is 5.33. The Morgan fingerprint density at radius 2 is 1.33 bits per heavy atom. The Labute approximate surface area is 55.3 Å². The van der Waals surface area contributed by atoms with Crippen molar-refractivity contribution >= 4 is 0 Å². The molecule has 4 atom stereocenters. The number of hydrogen-bond donors (Lipinski definition) is 0. The van der Waals surface area contributed by atoms with Crippen LogP contribution in [-0.4, -0.2) is 0 Å². The monoisotopic (exact) mass is 118 g/mol. The molecule has 0 aliphatic heterocycles. The summed E-state index contributed by atoms with van der Waals surface area (Å²) in [5.74, 6) is 3.79. The quantitative estimate of drug-likeness (QED) is 0.427. The highest BCUT2D eigenvalue weighted by Gasteiger charge is 2.45. The Morgan fingerprint density at radius 1 is 0.778 bits per heavy atom. The highest BCUT2D eigenvalue weighted by molar-refractivity contribution is 5.27. The van der Waals surface area contributed by atoms with Crippen LogP contribution in [-0.2, 0) is 0 Å². The van der Waals surface area contributed by atoms with Crippen molar-refractivity contribution in [2.75, 3.05) is 0 Å². The molecule has 9 heavy (non-hydrogen) atoms. The van der Waals surface area contributed by atoms with Crippen LogP contribution in [0.15, 0.2) is 24.3 Å². The van der Waals surface area contributed by atoms with E-state index in [1.165, 1.54) is 6.42 Å². The average Bonchev–Trinajstić information content (AvgIpc) is 2.18. The predicted molar refractivity (Wildman–Crippen MR) is 36.9 cm³/mol. The van der Waals surface area contributed by atoms with Crippen LogP contribution in [0.2, 0.25) is 0 Å². The molecule has 0 radical (unpaired) electrons. The lowest BCUT2D eigenvalue weighted by molar-refractivity contribution is 0.401. The van der Waals surface area contributed by atoms with Crippen molar-refractivity contribution in [2.24, 2.45) is 23.7 Å². The van der Waals surface area contributed by atoms with Gasteiger partial charge in [0.05, 0.1) is 0 Å². The van der Waals surface area contributed by atoms with Gasteiger partial charge in [-0.1, -0.05) is 24.3 Å². The minimum atomic E-state index is 0.935. The van der Waals surface area contributed by atoms with Gasteiger partial charge in [0.2, 0.25) is 0 Å². The minimum Gasteiger partial charge on any atom is -0.0845 e. The third-order valence-corrected chi connectivity index (χ3v) is 3.14. The van der Waals surface area contributed by atoms with Crippen LogP contribution < -0.4 is 0 Å². The zero-order valence-corrected chi connectivity index (χ0v) is 5.33. The van der Waals surface area contributed by atoms with Crippen molar-refractivity contribution in [1.82, 2.24) is 0 Å². The van der Waals surface area contributed by atoms with Crippen LogP contribution in [0.1, 0.15) is 6.42 Å². The summed E-state index contributed by atoms with van der Waals surface area (Å²) in [5, 5.41) is 0. The van der Waals surface area contributed by atoms with E-state index in [0.29, 0.717) is 0 Å². The molecular weight excluding hydrogens is 108 g/mol. The maximum absolute atomic E-state index is 2.41. The summed E-state index contributed by atoms with van der Waals surface area (Å²) in [5.41, 5.74) is 0. The van der Waals surface area contributed by atoms with Gasteiger partial charge in [-0.2, -0.15) is 0 Å². The number of fused-ring (bicyclic) bond motifs is 5. The van der Waals surface area contributed by atoms with Gasteiger partial charge in [0.15, 0.2) is 0 Å². The summed E-state index contributed by atoms with van der Waals surface area (Å²) in [6.07, 6.45) is 11.0. The van der Waals surface area contributed by atoms with E-state index >= 15 is 0 Å². The van der Waals surface area contributed by atoms with Crippen molar-refractivity contribution in [2.45, 2.75) is 6.42 Å². The molecule has 3 aliphatic carbocycles. The molecule has 0 heterocycles. The van der Waals surface area contributed by atoms with Gasteiger partial charge in [-0.15, -0.1) is 0 Å². The summed E-state index contributed by atoms with van der Waals surface area (Å²) < 4.78 is 0. The molecule has 46 valence electrons. The summed E-state index contributed by atoms with van der Waals surface area (Å²) in [6.45, 7) is 0. The summed E-state index contributed by atoms with van der Waals surface area (Å²) in [7, 11) is 0. The van der Waals surface area contributed by atoms with E-state index in [-0.39, 0.29) is 0 Å². The Morgan fingerprint density at radius 3 is 1.67 bits per heavy atom.